The molecule has 2 rings (SSSR count). The highest BCUT2D eigenvalue weighted by Crippen LogP contribution is 2.10. The monoisotopic (exact) mass is 281 g/mol. The summed E-state index contributed by atoms with van der Waals surface area (Å²) < 4.78 is 17.9. The van der Waals surface area contributed by atoms with E-state index in [1.54, 1.807) is 24.3 Å². The van der Waals surface area contributed by atoms with Gasteiger partial charge < -0.3 is 9.73 Å². The minimum absolute atomic E-state index is 0.239. The minimum atomic E-state index is -0.279. The number of benzene rings is 1. The Bertz CT molecular complexity index is 551. The van der Waals surface area contributed by atoms with Crippen LogP contribution in [0.25, 0.3) is 0 Å². The van der Waals surface area contributed by atoms with Crippen LogP contribution in [0.2, 0.25) is 0 Å². The van der Waals surface area contributed by atoms with Gasteiger partial charge in [-0.05, 0) is 36.2 Å². The molecule has 1 N–H and O–H groups in total. The number of furan rings is 1. The summed E-state index contributed by atoms with van der Waals surface area (Å²) in [5.74, 6) is 0.499. The molecular weight excluding hydrogens is 269 g/mol. The van der Waals surface area contributed by atoms with Gasteiger partial charge in [0.05, 0.1) is 5.88 Å². The van der Waals surface area contributed by atoms with Crippen LogP contribution in [0.1, 0.15) is 21.9 Å². The smallest absolute Gasteiger partial charge is 0.287 e. The largest absolute Gasteiger partial charge is 0.455 e. The van der Waals surface area contributed by atoms with Crippen molar-refractivity contribution >= 4 is 17.5 Å². The van der Waals surface area contributed by atoms with Crippen molar-refractivity contribution in [3.8, 4) is 0 Å². The van der Waals surface area contributed by atoms with Gasteiger partial charge in [0.15, 0.2) is 5.76 Å². The Hall–Kier alpha value is -1.81. The van der Waals surface area contributed by atoms with Crippen LogP contribution in [-0.2, 0) is 12.3 Å². The van der Waals surface area contributed by atoms with Gasteiger partial charge in [0.2, 0.25) is 0 Å². The Balaban J connectivity index is 1.82. The van der Waals surface area contributed by atoms with E-state index in [2.05, 4.69) is 5.32 Å². The van der Waals surface area contributed by atoms with E-state index in [4.69, 9.17) is 16.0 Å². The van der Waals surface area contributed by atoms with E-state index in [-0.39, 0.29) is 23.4 Å². The Morgan fingerprint density at radius 3 is 2.58 bits per heavy atom. The zero-order chi connectivity index (χ0) is 13.7. The first-order valence-corrected chi connectivity index (χ1v) is 6.40. The lowest BCUT2D eigenvalue weighted by Gasteiger charge is -2.03. The minimum Gasteiger partial charge on any atom is -0.455 e. The molecule has 1 aromatic carbocycles. The fourth-order valence-corrected chi connectivity index (χ4v) is 1.77. The molecule has 0 spiro atoms. The molecule has 0 aliphatic heterocycles. The molecular formula is C14H13ClFNO2. The van der Waals surface area contributed by atoms with Gasteiger partial charge in [-0.3, -0.25) is 4.79 Å². The molecule has 0 unspecified atom stereocenters. The Morgan fingerprint density at radius 1 is 1.21 bits per heavy atom. The van der Waals surface area contributed by atoms with Crippen LogP contribution < -0.4 is 5.32 Å². The lowest BCUT2D eigenvalue weighted by atomic mass is 10.1. The van der Waals surface area contributed by atoms with Crippen LogP contribution in [0.5, 0.6) is 0 Å². The number of carbonyl (C=O) groups excluding carboxylic acids is 1. The molecule has 100 valence electrons. The van der Waals surface area contributed by atoms with Crippen molar-refractivity contribution < 1.29 is 13.6 Å². The molecule has 3 nitrogen and oxygen atoms in total. The van der Waals surface area contributed by atoms with Crippen molar-refractivity contribution in [2.75, 3.05) is 6.54 Å². The molecule has 1 aromatic heterocycles. The second-order valence-corrected chi connectivity index (χ2v) is 4.30. The van der Waals surface area contributed by atoms with Gasteiger partial charge in [-0.25, -0.2) is 4.39 Å². The highest BCUT2D eigenvalue weighted by molar-refractivity contribution is 6.16. The second-order valence-electron chi connectivity index (χ2n) is 4.03. The average Bonchev–Trinajstić information content (AvgIpc) is 2.90. The summed E-state index contributed by atoms with van der Waals surface area (Å²) in [4.78, 5) is 11.7. The molecule has 0 fully saturated rings. The van der Waals surface area contributed by atoms with E-state index in [1.807, 2.05) is 0 Å². The number of nitrogens with one attached hydrogen (secondary N) is 1. The predicted molar refractivity (Wildman–Crippen MR) is 70.7 cm³/mol. The lowest BCUT2D eigenvalue weighted by molar-refractivity contribution is 0.0925. The maximum Gasteiger partial charge on any atom is 0.287 e. The second kappa shape index (κ2) is 6.38. The molecule has 0 atom stereocenters. The zero-order valence-electron chi connectivity index (χ0n) is 10.2. The molecule has 0 saturated heterocycles. The van der Waals surface area contributed by atoms with Gasteiger partial charge in [0, 0.05) is 6.54 Å². The highest BCUT2D eigenvalue weighted by Gasteiger charge is 2.09. The molecule has 0 bridgehead atoms. The third-order valence-corrected chi connectivity index (χ3v) is 2.89. The summed E-state index contributed by atoms with van der Waals surface area (Å²) >= 11 is 5.59. The summed E-state index contributed by atoms with van der Waals surface area (Å²) in [6.07, 6.45) is 0.634. The number of rotatable bonds is 5. The van der Waals surface area contributed by atoms with E-state index in [1.165, 1.54) is 12.1 Å². The first-order chi connectivity index (χ1) is 9.19. The maximum absolute atomic E-state index is 12.7. The van der Waals surface area contributed by atoms with E-state index >= 15 is 0 Å². The number of carbonyl (C=O) groups is 1. The number of alkyl halides is 1. The molecule has 19 heavy (non-hydrogen) atoms. The van der Waals surface area contributed by atoms with Crippen LogP contribution in [0.4, 0.5) is 4.39 Å². The van der Waals surface area contributed by atoms with Crippen molar-refractivity contribution in [1.82, 2.24) is 5.32 Å². The summed E-state index contributed by atoms with van der Waals surface area (Å²) in [6.45, 7) is 0.460. The predicted octanol–water partition coefficient (Wildman–Crippen LogP) is 3.13. The van der Waals surface area contributed by atoms with Crippen LogP contribution in [-0.4, -0.2) is 12.5 Å². The summed E-state index contributed by atoms with van der Waals surface area (Å²) in [7, 11) is 0. The van der Waals surface area contributed by atoms with Crippen LogP contribution >= 0.6 is 11.6 Å². The van der Waals surface area contributed by atoms with Gasteiger partial charge in [-0.2, -0.15) is 0 Å². The highest BCUT2D eigenvalue weighted by atomic mass is 35.5. The van der Waals surface area contributed by atoms with Crippen molar-refractivity contribution in [2.45, 2.75) is 12.3 Å². The van der Waals surface area contributed by atoms with Gasteiger partial charge in [-0.15, -0.1) is 11.6 Å². The fourth-order valence-electron chi connectivity index (χ4n) is 1.63. The van der Waals surface area contributed by atoms with E-state index in [9.17, 15) is 9.18 Å². The number of amides is 1. The van der Waals surface area contributed by atoms with Gasteiger partial charge >= 0.3 is 0 Å². The third kappa shape index (κ3) is 3.83. The quantitative estimate of drug-likeness (QED) is 0.856. The molecule has 0 aliphatic carbocycles. The van der Waals surface area contributed by atoms with Crippen LogP contribution in [0.15, 0.2) is 40.8 Å². The number of halogens is 2. The molecule has 0 saturated carbocycles. The third-order valence-electron chi connectivity index (χ3n) is 2.63. The topological polar surface area (TPSA) is 42.2 Å². The standard InChI is InChI=1S/C14H13ClFNO2/c15-9-12-5-6-13(19-12)14(18)17-8-7-10-1-3-11(16)4-2-10/h1-6H,7-9H2,(H,17,18). The maximum atomic E-state index is 12.7. The summed E-state index contributed by atoms with van der Waals surface area (Å²) in [5, 5.41) is 2.73. The first kappa shape index (κ1) is 13.6. The van der Waals surface area contributed by atoms with Gasteiger partial charge in [-0.1, -0.05) is 12.1 Å². The van der Waals surface area contributed by atoms with Crippen molar-refractivity contribution in [1.29, 1.82) is 0 Å². The molecule has 1 heterocycles. The van der Waals surface area contributed by atoms with Crippen LogP contribution in [0.3, 0.4) is 0 Å². The van der Waals surface area contributed by atoms with E-state index < -0.39 is 0 Å². The fraction of sp³-hybridized carbons (Fsp3) is 0.214. The molecule has 5 heteroatoms. The first-order valence-electron chi connectivity index (χ1n) is 5.86. The van der Waals surface area contributed by atoms with E-state index in [0.29, 0.717) is 18.7 Å². The lowest BCUT2D eigenvalue weighted by Crippen LogP contribution is -2.25. The molecule has 0 radical (unpaired) electrons. The summed E-state index contributed by atoms with van der Waals surface area (Å²) in [6, 6.07) is 9.44. The summed E-state index contributed by atoms with van der Waals surface area (Å²) in [5.41, 5.74) is 0.961. The average molecular weight is 282 g/mol. The van der Waals surface area contributed by atoms with Crippen molar-refractivity contribution in [2.24, 2.45) is 0 Å². The van der Waals surface area contributed by atoms with Crippen molar-refractivity contribution in [3.63, 3.8) is 0 Å². The Kier molecular flexibility index (Phi) is 4.58. The molecule has 1 amide bonds. The van der Waals surface area contributed by atoms with E-state index in [0.717, 1.165) is 5.56 Å². The van der Waals surface area contributed by atoms with Gasteiger partial charge in [0.25, 0.3) is 5.91 Å². The number of hydrogen-bond acceptors (Lipinski definition) is 2. The Morgan fingerprint density at radius 2 is 1.95 bits per heavy atom. The zero-order valence-corrected chi connectivity index (χ0v) is 10.9. The SMILES string of the molecule is O=C(NCCc1ccc(F)cc1)c1ccc(CCl)o1. The number of hydrogen-bond donors (Lipinski definition) is 1. The normalized spacial score (nSPS) is 10.4. The van der Waals surface area contributed by atoms with Crippen molar-refractivity contribution in [3.05, 3.63) is 59.3 Å². The molecule has 2 aromatic rings. The van der Waals surface area contributed by atoms with Crippen LogP contribution in [0, 0.1) is 5.82 Å². The Labute approximate surface area is 115 Å². The van der Waals surface area contributed by atoms with Gasteiger partial charge in [0.1, 0.15) is 11.6 Å². The molecule has 0 aliphatic rings.